The molecule has 1 atom stereocenters. The zero-order chi connectivity index (χ0) is 21.4. The van der Waals surface area contributed by atoms with E-state index in [1.54, 1.807) is 42.5 Å². The van der Waals surface area contributed by atoms with Gasteiger partial charge in [-0.2, -0.15) is 0 Å². The molecule has 8 heteroatoms. The normalized spacial score (nSPS) is 11.4. The number of ether oxygens (including phenoxy) is 2. The maximum atomic E-state index is 12.2. The number of ketones is 1. The molecule has 0 aliphatic heterocycles. The number of thiophene rings is 1. The van der Waals surface area contributed by atoms with E-state index in [-0.39, 0.29) is 18.6 Å². The van der Waals surface area contributed by atoms with E-state index in [1.807, 2.05) is 26.8 Å². The summed E-state index contributed by atoms with van der Waals surface area (Å²) in [7, 11) is 0. The van der Waals surface area contributed by atoms with Crippen LogP contribution < -0.4 is 20.3 Å². The first kappa shape index (κ1) is 22.4. The second kappa shape index (κ2) is 10.6. The molecule has 0 aliphatic rings. The summed E-state index contributed by atoms with van der Waals surface area (Å²) in [6.07, 6.45) is -0.746. The van der Waals surface area contributed by atoms with Crippen molar-refractivity contribution in [2.45, 2.75) is 46.6 Å². The molecule has 0 saturated carbocycles. The summed E-state index contributed by atoms with van der Waals surface area (Å²) in [6, 6.07) is 8.74. The van der Waals surface area contributed by atoms with Crippen molar-refractivity contribution in [2.24, 2.45) is 0 Å². The van der Waals surface area contributed by atoms with E-state index in [2.05, 4.69) is 10.9 Å². The van der Waals surface area contributed by atoms with Gasteiger partial charge in [-0.1, -0.05) is 0 Å². The van der Waals surface area contributed by atoms with E-state index in [0.29, 0.717) is 23.7 Å². The van der Waals surface area contributed by atoms with Crippen LogP contribution in [0.25, 0.3) is 0 Å². The monoisotopic (exact) mass is 418 g/mol. The average molecular weight is 419 g/mol. The molecule has 0 radical (unpaired) electrons. The second-order valence-electron chi connectivity index (χ2n) is 6.45. The lowest BCUT2D eigenvalue weighted by Crippen LogP contribution is -2.47. The quantitative estimate of drug-likeness (QED) is 0.481. The van der Waals surface area contributed by atoms with Gasteiger partial charge < -0.3 is 9.47 Å². The SMILES string of the molecule is CCOc1ccc(O[C@@H](C)C(=O)NNC(=O)CCC(=O)c2cc(C)sc2C)cc1. The maximum absolute atomic E-state index is 12.2. The first-order chi connectivity index (χ1) is 13.8. The largest absolute Gasteiger partial charge is 0.494 e. The zero-order valence-electron chi connectivity index (χ0n) is 17.0. The molecule has 7 nitrogen and oxygen atoms in total. The fourth-order valence-electron chi connectivity index (χ4n) is 2.60. The molecule has 0 unspecified atom stereocenters. The summed E-state index contributed by atoms with van der Waals surface area (Å²) in [5.74, 6) is 0.203. The molecule has 1 heterocycles. The number of carbonyl (C=O) groups excluding carboxylic acids is 3. The predicted octanol–water partition coefficient (Wildman–Crippen LogP) is 3.34. The van der Waals surface area contributed by atoms with Crippen molar-refractivity contribution in [3.8, 4) is 11.5 Å². The molecule has 0 spiro atoms. The van der Waals surface area contributed by atoms with Crippen LogP contribution in [0.15, 0.2) is 30.3 Å². The van der Waals surface area contributed by atoms with Crippen LogP contribution >= 0.6 is 11.3 Å². The van der Waals surface area contributed by atoms with Crippen molar-refractivity contribution in [2.75, 3.05) is 6.61 Å². The van der Waals surface area contributed by atoms with Crippen LogP contribution in [0, 0.1) is 13.8 Å². The molecular weight excluding hydrogens is 392 g/mol. The number of aryl methyl sites for hydroxylation is 2. The fraction of sp³-hybridized carbons (Fsp3) is 0.381. The molecule has 0 bridgehead atoms. The average Bonchev–Trinajstić information content (AvgIpc) is 3.04. The third-order valence-electron chi connectivity index (χ3n) is 4.06. The maximum Gasteiger partial charge on any atom is 0.279 e. The van der Waals surface area contributed by atoms with Crippen LogP contribution in [0.4, 0.5) is 0 Å². The van der Waals surface area contributed by atoms with Crippen molar-refractivity contribution >= 4 is 28.9 Å². The van der Waals surface area contributed by atoms with Gasteiger partial charge in [0.05, 0.1) is 6.61 Å². The highest BCUT2D eigenvalue weighted by Crippen LogP contribution is 2.22. The van der Waals surface area contributed by atoms with Crippen molar-refractivity contribution in [3.05, 3.63) is 45.6 Å². The molecule has 2 amide bonds. The van der Waals surface area contributed by atoms with E-state index >= 15 is 0 Å². The third-order valence-corrected chi connectivity index (χ3v) is 5.03. The Morgan fingerprint density at radius 3 is 2.28 bits per heavy atom. The Balaban J connectivity index is 1.73. The molecule has 0 saturated heterocycles. The number of rotatable bonds is 9. The third kappa shape index (κ3) is 6.90. The van der Waals surface area contributed by atoms with Crippen molar-refractivity contribution in [1.29, 1.82) is 0 Å². The fourth-order valence-corrected chi connectivity index (χ4v) is 3.55. The van der Waals surface area contributed by atoms with Crippen LogP contribution in [0.5, 0.6) is 11.5 Å². The molecule has 1 aromatic heterocycles. The van der Waals surface area contributed by atoms with Gasteiger partial charge >= 0.3 is 0 Å². The lowest BCUT2D eigenvalue weighted by atomic mass is 10.1. The number of nitrogens with one attached hydrogen (secondary N) is 2. The van der Waals surface area contributed by atoms with E-state index < -0.39 is 17.9 Å². The predicted molar refractivity (Wildman–Crippen MR) is 111 cm³/mol. The minimum absolute atomic E-state index is 0.0123. The first-order valence-electron chi connectivity index (χ1n) is 9.38. The molecule has 2 aromatic rings. The zero-order valence-corrected chi connectivity index (χ0v) is 17.9. The highest BCUT2D eigenvalue weighted by atomic mass is 32.1. The molecule has 29 heavy (non-hydrogen) atoms. The smallest absolute Gasteiger partial charge is 0.279 e. The van der Waals surface area contributed by atoms with E-state index in [0.717, 1.165) is 9.75 Å². The minimum Gasteiger partial charge on any atom is -0.494 e. The summed E-state index contributed by atoms with van der Waals surface area (Å²) in [5.41, 5.74) is 5.28. The van der Waals surface area contributed by atoms with Gasteiger partial charge in [0.2, 0.25) is 5.91 Å². The van der Waals surface area contributed by atoms with Crippen LogP contribution in [0.2, 0.25) is 0 Å². The highest BCUT2D eigenvalue weighted by Gasteiger charge is 2.17. The van der Waals surface area contributed by atoms with Crippen LogP contribution in [0.3, 0.4) is 0 Å². The Morgan fingerprint density at radius 2 is 1.69 bits per heavy atom. The number of Topliss-reactive ketones (excluding diaryl/α,β-unsaturated/α-hetero) is 1. The Hall–Kier alpha value is -2.87. The molecule has 1 aromatic carbocycles. The summed E-state index contributed by atoms with van der Waals surface area (Å²) in [6.45, 7) is 7.86. The number of hydrazine groups is 1. The number of carbonyl (C=O) groups is 3. The van der Waals surface area contributed by atoms with Crippen LogP contribution in [-0.2, 0) is 9.59 Å². The van der Waals surface area contributed by atoms with Gasteiger partial charge in [0.1, 0.15) is 11.5 Å². The number of hydrogen-bond donors (Lipinski definition) is 2. The first-order valence-corrected chi connectivity index (χ1v) is 10.2. The van der Waals surface area contributed by atoms with Gasteiger partial charge in [-0.3, -0.25) is 25.2 Å². The van der Waals surface area contributed by atoms with E-state index in [9.17, 15) is 14.4 Å². The minimum atomic E-state index is -0.814. The van der Waals surface area contributed by atoms with Gasteiger partial charge in [0.15, 0.2) is 11.9 Å². The van der Waals surface area contributed by atoms with Crippen molar-refractivity contribution in [3.63, 3.8) is 0 Å². The van der Waals surface area contributed by atoms with Gasteiger partial charge in [0.25, 0.3) is 5.91 Å². The summed E-state index contributed by atoms with van der Waals surface area (Å²) in [4.78, 5) is 38.2. The van der Waals surface area contributed by atoms with E-state index in [1.165, 1.54) is 0 Å². The summed E-state index contributed by atoms with van der Waals surface area (Å²) >= 11 is 1.55. The molecule has 156 valence electrons. The molecular formula is C21H26N2O5S. The van der Waals surface area contributed by atoms with Crippen molar-refractivity contribution < 1.29 is 23.9 Å². The number of amides is 2. The van der Waals surface area contributed by atoms with Gasteiger partial charge in [-0.05, 0) is 58.0 Å². The molecule has 0 aliphatic carbocycles. The summed E-state index contributed by atoms with van der Waals surface area (Å²) < 4.78 is 10.9. The Kier molecular flexibility index (Phi) is 8.21. The second-order valence-corrected chi connectivity index (χ2v) is 7.91. The Bertz CT molecular complexity index is 860. The van der Waals surface area contributed by atoms with Gasteiger partial charge in [-0.15, -0.1) is 11.3 Å². The Labute approximate surface area is 174 Å². The van der Waals surface area contributed by atoms with Gasteiger partial charge in [0, 0.05) is 28.2 Å². The molecule has 2 N–H and O–H groups in total. The topological polar surface area (TPSA) is 93.7 Å². The number of benzene rings is 1. The lowest BCUT2D eigenvalue weighted by molar-refractivity contribution is -0.132. The van der Waals surface area contributed by atoms with Crippen LogP contribution in [-0.4, -0.2) is 30.3 Å². The lowest BCUT2D eigenvalue weighted by Gasteiger charge is -2.15. The standard InChI is InChI=1S/C21H26N2O5S/c1-5-27-16-6-8-17(9-7-16)28-14(3)21(26)23-22-20(25)11-10-19(24)18-12-13(2)29-15(18)4/h6-9,12,14H,5,10-11H2,1-4H3,(H,22,25)(H,23,26)/t14-/m0/s1. The van der Waals surface area contributed by atoms with Gasteiger partial charge in [-0.25, -0.2) is 0 Å². The Morgan fingerprint density at radius 1 is 1.03 bits per heavy atom. The van der Waals surface area contributed by atoms with Crippen LogP contribution in [0.1, 0.15) is 46.8 Å². The molecule has 0 fully saturated rings. The highest BCUT2D eigenvalue weighted by molar-refractivity contribution is 7.12. The van der Waals surface area contributed by atoms with Crippen molar-refractivity contribution in [1.82, 2.24) is 10.9 Å². The molecule has 2 rings (SSSR count). The summed E-state index contributed by atoms with van der Waals surface area (Å²) in [5, 5.41) is 0. The number of hydrogen-bond acceptors (Lipinski definition) is 6. The van der Waals surface area contributed by atoms with E-state index in [4.69, 9.17) is 9.47 Å².